The third kappa shape index (κ3) is 3.43. The summed E-state index contributed by atoms with van der Waals surface area (Å²) in [6, 6.07) is 5.55. The van der Waals surface area contributed by atoms with Crippen LogP contribution < -0.4 is 5.11 Å². The minimum absolute atomic E-state index is 0.0320. The molecule has 1 heterocycles. The van der Waals surface area contributed by atoms with Crippen molar-refractivity contribution in [3.8, 4) is 12.3 Å². The standard InChI is InChI=1S/C18H23NO5S/c1-6-14-11-15(12-19(14,17(20)21)18(3,4)5)24-25(22,23)16-9-7-13(2)8-10-16/h1,7-10,14-15H,11-12H2,2-5H3/t14-,15+,19?/m1/s1. The molecular formula is C18H23NO5S. The van der Waals surface area contributed by atoms with Crippen molar-refractivity contribution in [2.75, 3.05) is 6.54 Å². The van der Waals surface area contributed by atoms with E-state index in [9.17, 15) is 18.3 Å². The normalized spacial score (nSPS) is 27.0. The maximum Gasteiger partial charge on any atom is 0.297 e. The number of nitrogens with zero attached hydrogens (tertiary/aromatic N) is 1. The minimum Gasteiger partial charge on any atom is -0.498 e. The number of carbonyl (C=O) groups is 1. The van der Waals surface area contributed by atoms with E-state index in [-0.39, 0.29) is 17.9 Å². The summed E-state index contributed by atoms with van der Waals surface area (Å²) in [5.74, 6) is 2.48. The van der Waals surface area contributed by atoms with Gasteiger partial charge in [-0.3, -0.25) is 8.67 Å². The fourth-order valence-corrected chi connectivity index (χ4v) is 4.45. The number of benzene rings is 1. The number of carbonyl (C=O) groups excluding carboxylic acids is 1. The maximum absolute atomic E-state index is 12.5. The largest absolute Gasteiger partial charge is 0.498 e. The highest BCUT2D eigenvalue weighted by atomic mass is 32.2. The smallest absolute Gasteiger partial charge is 0.297 e. The topological polar surface area (TPSA) is 83.5 Å². The van der Waals surface area contributed by atoms with Crippen LogP contribution >= 0.6 is 0 Å². The van der Waals surface area contributed by atoms with Crippen molar-refractivity contribution in [2.45, 2.75) is 56.7 Å². The molecule has 7 heteroatoms. The molecule has 0 radical (unpaired) electrons. The van der Waals surface area contributed by atoms with E-state index in [1.54, 1.807) is 32.9 Å². The molecule has 2 rings (SSSR count). The number of hydrogen-bond acceptors (Lipinski definition) is 5. The third-order valence-electron chi connectivity index (χ3n) is 4.80. The van der Waals surface area contributed by atoms with Crippen LogP contribution in [-0.4, -0.2) is 43.2 Å². The Bertz CT molecular complexity index is 801. The van der Waals surface area contributed by atoms with Crippen LogP contribution in [0.1, 0.15) is 32.8 Å². The number of hydrogen-bond donors (Lipinski definition) is 0. The van der Waals surface area contributed by atoms with Gasteiger partial charge < -0.3 is 9.90 Å². The van der Waals surface area contributed by atoms with E-state index in [1.807, 2.05) is 6.92 Å². The van der Waals surface area contributed by atoms with E-state index < -0.39 is 38.4 Å². The quantitative estimate of drug-likeness (QED) is 0.460. The van der Waals surface area contributed by atoms with Crippen LogP contribution in [0.3, 0.4) is 0 Å². The van der Waals surface area contributed by atoms with E-state index in [0.29, 0.717) is 0 Å². The number of quaternary nitrogens is 1. The molecule has 3 atom stereocenters. The third-order valence-corrected chi connectivity index (χ3v) is 6.17. The van der Waals surface area contributed by atoms with E-state index >= 15 is 0 Å². The Kier molecular flexibility index (Phi) is 5.01. The molecule has 1 unspecified atom stereocenters. The summed E-state index contributed by atoms with van der Waals surface area (Å²) < 4.78 is 29.8. The molecule has 1 aromatic carbocycles. The lowest BCUT2D eigenvalue weighted by atomic mass is 10.00. The molecule has 0 N–H and O–H groups in total. The summed E-state index contributed by atoms with van der Waals surface area (Å²) in [4.78, 5) is 12.0. The molecule has 6 nitrogen and oxygen atoms in total. The number of likely N-dealkylation sites (tertiary alicyclic amines) is 1. The van der Waals surface area contributed by atoms with Crippen molar-refractivity contribution < 1.29 is 27.0 Å². The first-order valence-corrected chi connectivity index (χ1v) is 9.40. The van der Waals surface area contributed by atoms with Crippen molar-refractivity contribution >= 4 is 16.2 Å². The van der Waals surface area contributed by atoms with E-state index in [2.05, 4.69) is 5.92 Å². The fraction of sp³-hybridized carbons (Fsp3) is 0.500. The Balaban J connectivity index is 2.33. The summed E-state index contributed by atoms with van der Waals surface area (Å²) in [5.41, 5.74) is 0.161. The molecule has 0 bridgehead atoms. The first-order valence-electron chi connectivity index (χ1n) is 7.99. The van der Waals surface area contributed by atoms with Gasteiger partial charge in [-0.2, -0.15) is 8.42 Å². The molecule has 0 aromatic heterocycles. The van der Waals surface area contributed by atoms with E-state index in [0.717, 1.165) is 5.56 Å². The first-order chi connectivity index (χ1) is 11.4. The van der Waals surface area contributed by atoms with Gasteiger partial charge >= 0.3 is 0 Å². The van der Waals surface area contributed by atoms with Gasteiger partial charge in [0.15, 0.2) is 6.04 Å². The highest BCUT2D eigenvalue weighted by molar-refractivity contribution is 7.86. The number of rotatable bonds is 3. The predicted octanol–water partition coefficient (Wildman–Crippen LogP) is 1.43. The molecule has 136 valence electrons. The van der Waals surface area contributed by atoms with Gasteiger partial charge in [0.25, 0.3) is 16.2 Å². The summed E-state index contributed by atoms with van der Waals surface area (Å²) in [7, 11) is -4.01. The number of terminal acetylenes is 1. The molecule has 0 spiro atoms. The first kappa shape index (κ1) is 19.4. The van der Waals surface area contributed by atoms with Gasteiger partial charge in [-0.25, -0.2) is 0 Å². The van der Waals surface area contributed by atoms with Crippen LogP contribution in [-0.2, 0) is 14.3 Å². The van der Waals surface area contributed by atoms with Crippen LogP contribution in [0.5, 0.6) is 0 Å². The second-order valence-electron chi connectivity index (χ2n) is 7.39. The van der Waals surface area contributed by atoms with E-state index in [1.165, 1.54) is 12.1 Å². The highest BCUT2D eigenvalue weighted by Crippen LogP contribution is 2.38. The van der Waals surface area contributed by atoms with Gasteiger partial charge in [-0.1, -0.05) is 17.7 Å². The molecule has 1 aliphatic rings. The van der Waals surface area contributed by atoms with Crippen molar-refractivity contribution in [3.05, 3.63) is 29.8 Å². The molecule has 1 aromatic rings. The second kappa shape index (κ2) is 6.45. The van der Waals surface area contributed by atoms with Crippen LogP contribution in [0.25, 0.3) is 0 Å². The van der Waals surface area contributed by atoms with Crippen molar-refractivity contribution in [1.82, 2.24) is 0 Å². The van der Waals surface area contributed by atoms with Gasteiger partial charge in [0, 0.05) is 6.42 Å². The van der Waals surface area contributed by atoms with Crippen molar-refractivity contribution in [1.29, 1.82) is 0 Å². The summed E-state index contributed by atoms with van der Waals surface area (Å²) in [5, 5.41) is 11.9. The Hall–Kier alpha value is -1.88. The Morgan fingerprint density at radius 3 is 2.28 bits per heavy atom. The van der Waals surface area contributed by atoms with Crippen LogP contribution in [0.4, 0.5) is 4.79 Å². The summed E-state index contributed by atoms with van der Waals surface area (Å²) >= 11 is 0. The number of amides is 1. The second-order valence-corrected chi connectivity index (χ2v) is 8.96. The molecule has 0 aliphatic carbocycles. The number of carboxylic acid groups (broad SMARTS) is 1. The summed E-state index contributed by atoms with van der Waals surface area (Å²) in [6.45, 7) is 7.00. The average molecular weight is 365 g/mol. The average Bonchev–Trinajstić information content (AvgIpc) is 2.86. The van der Waals surface area contributed by atoms with E-state index in [4.69, 9.17) is 10.6 Å². The molecule has 1 aliphatic heterocycles. The molecule has 0 saturated carbocycles. The molecule has 1 fully saturated rings. The van der Waals surface area contributed by atoms with Gasteiger partial charge in [0.2, 0.25) is 0 Å². The zero-order valence-corrected chi connectivity index (χ0v) is 15.7. The zero-order valence-electron chi connectivity index (χ0n) is 14.9. The van der Waals surface area contributed by atoms with Gasteiger partial charge in [-0.05, 0) is 45.7 Å². The minimum atomic E-state index is -4.01. The summed E-state index contributed by atoms with van der Waals surface area (Å²) in [6.07, 6.45) is 3.51. The fourth-order valence-electron chi connectivity index (χ4n) is 3.37. The zero-order chi connectivity index (χ0) is 19.0. The Morgan fingerprint density at radius 2 is 1.88 bits per heavy atom. The molecule has 25 heavy (non-hydrogen) atoms. The Morgan fingerprint density at radius 1 is 1.32 bits per heavy atom. The molecule has 1 saturated heterocycles. The molecule has 1 amide bonds. The van der Waals surface area contributed by atoms with Gasteiger partial charge in [-0.15, -0.1) is 6.42 Å². The Labute approximate surface area is 149 Å². The van der Waals surface area contributed by atoms with Crippen molar-refractivity contribution in [3.63, 3.8) is 0 Å². The van der Waals surface area contributed by atoms with Crippen LogP contribution in [0.15, 0.2) is 29.2 Å². The number of aryl methyl sites for hydroxylation is 1. The maximum atomic E-state index is 12.5. The predicted molar refractivity (Wildman–Crippen MR) is 90.8 cm³/mol. The molecular weight excluding hydrogens is 342 g/mol. The highest BCUT2D eigenvalue weighted by Gasteiger charge is 2.56. The van der Waals surface area contributed by atoms with Crippen LogP contribution in [0.2, 0.25) is 0 Å². The monoisotopic (exact) mass is 365 g/mol. The van der Waals surface area contributed by atoms with Crippen molar-refractivity contribution in [2.24, 2.45) is 0 Å². The van der Waals surface area contributed by atoms with Crippen LogP contribution in [0, 0.1) is 19.3 Å². The van der Waals surface area contributed by atoms with Gasteiger partial charge in [0.1, 0.15) is 12.6 Å². The lowest BCUT2D eigenvalue weighted by Gasteiger charge is -2.47. The lowest BCUT2D eigenvalue weighted by molar-refractivity contribution is -0.924. The lowest BCUT2D eigenvalue weighted by Crippen LogP contribution is -2.69. The SMILES string of the molecule is C#C[C@@H]1C[C@H](OS(=O)(=O)c2ccc(C)cc2)C[N+]1(C(=O)[O-])C(C)(C)C. The van der Waals surface area contributed by atoms with Gasteiger partial charge in [0.05, 0.1) is 10.4 Å².